The molecule has 15 heavy (non-hydrogen) atoms. The van der Waals surface area contributed by atoms with Crippen LogP contribution in [0.1, 0.15) is 11.1 Å². The predicted molar refractivity (Wildman–Crippen MR) is 59.9 cm³/mol. The molecule has 0 N–H and O–H groups in total. The first-order chi connectivity index (χ1) is 7.13. The summed E-state index contributed by atoms with van der Waals surface area (Å²) in [4.78, 5) is 11.1. The second kappa shape index (κ2) is 5.66. The minimum atomic E-state index is -0.896. The van der Waals surface area contributed by atoms with Crippen LogP contribution in [-0.4, -0.2) is 23.5 Å². The molecule has 0 amide bonds. The molecule has 0 fully saturated rings. The summed E-state index contributed by atoms with van der Waals surface area (Å²) in [6.45, 7) is 0. The molecule has 0 bridgehead atoms. The lowest BCUT2D eigenvalue weighted by Gasteiger charge is -2.06. The molecule has 0 aromatic heterocycles. The van der Waals surface area contributed by atoms with Crippen molar-refractivity contribution >= 4 is 16.8 Å². The summed E-state index contributed by atoms with van der Waals surface area (Å²) >= 11 is 0. The Bertz CT molecular complexity index is 374. The van der Waals surface area contributed by atoms with E-state index in [1.807, 2.05) is 24.3 Å². The summed E-state index contributed by atoms with van der Waals surface area (Å²) in [5.41, 5.74) is 1.84. The fraction of sp³-hybridized carbons (Fsp3) is 0.364. The molecule has 1 unspecified atom stereocenters. The van der Waals surface area contributed by atoms with Crippen LogP contribution in [0.4, 0.5) is 0 Å². The van der Waals surface area contributed by atoms with Gasteiger partial charge in [0.1, 0.15) is 0 Å². The highest BCUT2D eigenvalue weighted by Crippen LogP contribution is 2.12. The van der Waals surface area contributed by atoms with Crippen molar-refractivity contribution < 1.29 is 13.7 Å². The molecule has 3 nitrogen and oxygen atoms in total. The number of hydrogen-bond acceptors (Lipinski definition) is 3. The van der Waals surface area contributed by atoms with Crippen molar-refractivity contribution in [2.24, 2.45) is 0 Å². The quantitative estimate of drug-likeness (QED) is 0.726. The van der Waals surface area contributed by atoms with Gasteiger partial charge in [0.15, 0.2) is 0 Å². The number of carbonyl (C=O) groups excluding carboxylic acids is 1. The maximum Gasteiger partial charge on any atom is 0.309 e. The molecule has 1 aromatic rings. The maximum absolute atomic E-state index is 11.1. The number of rotatable bonds is 4. The van der Waals surface area contributed by atoms with Gasteiger partial charge in [-0.05, 0) is 11.1 Å². The van der Waals surface area contributed by atoms with Crippen LogP contribution in [0.5, 0.6) is 0 Å². The number of carbonyl (C=O) groups is 1. The highest BCUT2D eigenvalue weighted by molar-refractivity contribution is 7.83. The van der Waals surface area contributed by atoms with Crippen molar-refractivity contribution in [3.8, 4) is 0 Å². The van der Waals surface area contributed by atoms with Crippen LogP contribution in [0, 0.1) is 0 Å². The SMILES string of the molecule is COC(=O)Cc1ccccc1CS(C)=O. The third-order valence-electron chi connectivity index (χ3n) is 2.04. The van der Waals surface area contributed by atoms with E-state index >= 15 is 0 Å². The summed E-state index contributed by atoms with van der Waals surface area (Å²) in [6.07, 6.45) is 1.89. The van der Waals surface area contributed by atoms with Gasteiger partial charge in [0.05, 0.1) is 13.5 Å². The molecule has 0 saturated carbocycles. The fourth-order valence-electron chi connectivity index (χ4n) is 1.32. The molecule has 0 radical (unpaired) electrons. The standard InChI is InChI=1S/C11H14O3S/c1-14-11(12)7-9-5-3-4-6-10(9)8-15(2)13/h3-6H,7-8H2,1-2H3. The molecule has 0 saturated heterocycles. The number of methoxy groups -OCH3 is 1. The third kappa shape index (κ3) is 3.83. The van der Waals surface area contributed by atoms with E-state index in [9.17, 15) is 9.00 Å². The van der Waals surface area contributed by atoms with Gasteiger partial charge in [-0.2, -0.15) is 0 Å². The average Bonchev–Trinajstić information content (AvgIpc) is 2.20. The molecule has 1 rings (SSSR count). The van der Waals surface area contributed by atoms with E-state index in [0.29, 0.717) is 5.75 Å². The molecule has 0 aliphatic rings. The fourth-order valence-corrected chi connectivity index (χ4v) is 2.04. The highest BCUT2D eigenvalue weighted by Gasteiger charge is 2.08. The van der Waals surface area contributed by atoms with Crippen LogP contribution in [0.3, 0.4) is 0 Å². The normalized spacial score (nSPS) is 12.1. The average molecular weight is 226 g/mol. The summed E-state index contributed by atoms with van der Waals surface area (Å²) in [6, 6.07) is 7.49. The Hall–Kier alpha value is -1.16. The summed E-state index contributed by atoms with van der Waals surface area (Å²) < 4.78 is 15.7. The summed E-state index contributed by atoms with van der Waals surface area (Å²) in [7, 11) is 0.468. The molecule has 0 aliphatic heterocycles. The van der Waals surface area contributed by atoms with Gasteiger partial charge >= 0.3 is 5.97 Å². The lowest BCUT2D eigenvalue weighted by molar-refractivity contribution is -0.139. The first kappa shape index (κ1) is 11.9. The monoisotopic (exact) mass is 226 g/mol. The van der Waals surface area contributed by atoms with Crippen molar-refractivity contribution in [1.82, 2.24) is 0 Å². The first-order valence-corrected chi connectivity index (χ1v) is 6.30. The first-order valence-electron chi connectivity index (χ1n) is 4.57. The Morgan fingerprint density at radius 1 is 1.33 bits per heavy atom. The highest BCUT2D eigenvalue weighted by atomic mass is 32.2. The topological polar surface area (TPSA) is 43.4 Å². The van der Waals surface area contributed by atoms with Gasteiger partial charge in [-0.25, -0.2) is 0 Å². The minimum Gasteiger partial charge on any atom is -0.469 e. The van der Waals surface area contributed by atoms with E-state index in [-0.39, 0.29) is 12.4 Å². The molecule has 1 aromatic carbocycles. The number of ether oxygens (including phenoxy) is 1. The molecule has 82 valence electrons. The Balaban J connectivity index is 2.85. The lowest BCUT2D eigenvalue weighted by atomic mass is 10.1. The van der Waals surface area contributed by atoms with Crippen LogP contribution in [0.2, 0.25) is 0 Å². The van der Waals surface area contributed by atoms with Crippen molar-refractivity contribution in [3.63, 3.8) is 0 Å². The van der Waals surface area contributed by atoms with E-state index < -0.39 is 10.8 Å². The van der Waals surface area contributed by atoms with E-state index in [2.05, 4.69) is 4.74 Å². The Morgan fingerprint density at radius 3 is 2.47 bits per heavy atom. The van der Waals surface area contributed by atoms with Gasteiger partial charge in [-0.3, -0.25) is 9.00 Å². The number of esters is 1. The number of hydrogen-bond donors (Lipinski definition) is 0. The smallest absolute Gasteiger partial charge is 0.309 e. The van der Waals surface area contributed by atoms with E-state index in [0.717, 1.165) is 11.1 Å². The zero-order chi connectivity index (χ0) is 11.3. The van der Waals surface area contributed by atoms with Crippen LogP contribution >= 0.6 is 0 Å². The van der Waals surface area contributed by atoms with Crippen LogP contribution in [0.15, 0.2) is 24.3 Å². The second-order valence-electron chi connectivity index (χ2n) is 3.24. The zero-order valence-corrected chi connectivity index (χ0v) is 9.67. The molecular formula is C11H14O3S. The van der Waals surface area contributed by atoms with Gasteiger partial charge in [0, 0.05) is 22.8 Å². The summed E-state index contributed by atoms with van der Waals surface area (Å²) in [5.74, 6) is 0.206. The van der Waals surface area contributed by atoms with Gasteiger partial charge in [0.2, 0.25) is 0 Å². The van der Waals surface area contributed by atoms with Crippen molar-refractivity contribution in [2.45, 2.75) is 12.2 Å². The van der Waals surface area contributed by atoms with Crippen LogP contribution in [0.25, 0.3) is 0 Å². The van der Waals surface area contributed by atoms with E-state index in [1.165, 1.54) is 7.11 Å². The lowest BCUT2D eigenvalue weighted by Crippen LogP contribution is -2.07. The Kier molecular flexibility index (Phi) is 4.49. The number of benzene rings is 1. The van der Waals surface area contributed by atoms with Crippen molar-refractivity contribution in [3.05, 3.63) is 35.4 Å². The van der Waals surface area contributed by atoms with Crippen LogP contribution in [-0.2, 0) is 32.5 Å². The van der Waals surface area contributed by atoms with E-state index in [1.54, 1.807) is 6.26 Å². The zero-order valence-electron chi connectivity index (χ0n) is 8.86. The Morgan fingerprint density at radius 2 is 1.93 bits per heavy atom. The minimum absolute atomic E-state index is 0.240. The molecule has 0 aliphatic carbocycles. The maximum atomic E-state index is 11.1. The van der Waals surface area contributed by atoms with Crippen molar-refractivity contribution in [1.29, 1.82) is 0 Å². The van der Waals surface area contributed by atoms with Gasteiger partial charge in [-0.15, -0.1) is 0 Å². The largest absolute Gasteiger partial charge is 0.469 e. The Labute approximate surface area is 91.9 Å². The molecule has 1 atom stereocenters. The molecular weight excluding hydrogens is 212 g/mol. The molecule has 0 heterocycles. The van der Waals surface area contributed by atoms with Crippen molar-refractivity contribution in [2.75, 3.05) is 13.4 Å². The van der Waals surface area contributed by atoms with Gasteiger partial charge in [0.25, 0.3) is 0 Å². The molecule has 4 heteroatoms. The summed E-state index contributed by atoms with van der Waals surface area (Å²) in [5, 5.41) is 0. The van der Waals surface area contributed by atoms with Crippen LogP contribution < -0.4 is 0 Å². The third-order valence-corrected chi connectivity index (χ3v) is 2.76. The predicted octanol–water partition coefficient (Wildman–Crippen LogP) is 1.28. The van der Waals surface area contributed by atoms with E-state index in [4.69, 9.17) is 0 Å². The molecule has 0 spiro atoms. The van der Waals surface area contributed by atoms with Gasteiger partial charge < -0.3 is 4.74 Å². The second-order valence-corrected chi connectivity index (χ2v) is 4.67. The van der Waals surface area contributed by atoms with Gasteiger partial charge in [-0.1, -0.05) is 24.3 Å².